The van der Waals surface area contributed by atoms with Gasteiger partial charge in [-0.2, -0.15) is 0 Å². The van der Waals surface area contributed by atoms with Crippen molar-refractivity contribution in [2.24, 2.45) is 0 Å². The monoisotopic (exact) mass is 188 g/mol. The number of aliphatic hydroxyl groups excluding tert-OH is 1. The van der Waals surface area contributed by atoms with Crippen LogP contribution in [0.2, 0.25) is 0 Å². The molecule has 0 atom stereocenters. The number of unbranched alkanes of at least 4 members (excludes halogenated alkanes) is 1. The van der Waals surface area contributed by atoms with Crippen LogP contribution in [-0.4, -0.2) is 33.5 Å². The predicted molar refractivity (Wildman–Crippen MR) is 50.6 cm³/mol. The molecule has 0 aliphatic carbocycles. The van der Waals surface area contributed by atoms with Crippen molar-refractivity contribution >= 4 is 15.2 Å². The fourth-order valence-corrected chi connectivity index (χ4v) is 1.60. The quantitative estimate of drug-likeness (QED) is 0.346. The summed E-state index contributed by atoms with van der Waals surface area (Å²) < 4.78 is 5.18. The number of hydrogen-bond acceptors (Lipinski definition) is 3. The Balaban J connectivity index is 3.14. The average Bonchev–Trinajstić information content (AvgIpc) is 2.05. The van der Waals surface area contributed by atoms with Gasteiger partial charge in [0.2, 0.25) is 9.76 Å². The zero-order chi connectivity index (χ0) is 9.23. The van der Waals surface area contributed by atoms with Gasteiger partial charge in [-0.05, 0) is 25.8 Å². The van der Waals surface area contributed by atoms with E-state index in [-0.39, 0.29) is 12.0 Å². The Bertz CT molecular complexity index is 145. The summed E-state index contributed by atoms with van der Waals surface area (Å²) in [6.45, 7) is 2.63. The van der Waals surface area contributed by atoms with Gasteiger partial charge in [-0.15, -0.1) is 0 Å². The van der Waals surface area contributed by atoms with Crippen LogP contribution in [0.15, 0.2) is 12.2 Å². The SMILES string of the molecule is CC=CC(=O)[SiH2]OCCCCO. The van der Waals surface area contributed by atoms with E-state index >= 15 is 0 Å². The molecule has 12 heavy (non-hydrogen) atoms. The van der Waals surface area contributed by atoms with E-state index in [1.165, 1.54) is 0 Å². The fourth-order valence-electron chi connectivity index (χ4n) is 0.723. The van der Waals surface area contributed by atoms with E-state index in [1.54, 1.807) is 12.2 Å². The maximum Gasteiger partial charge on any atom is 0.239 e. The maximum atomic E-state index is 10.9. The molecular weight excluding hydrogens is 172 g/mol. The highest BCUT2D eigenvalue weighted by Gasteiger charge is 1.96. The van der Waals surface area contributed by atoms with E-state index in [0.717, 1.165) is 12.8 Å². The van der Waals surface area contributed by atoms with Crippen molar-refractivity contribution in [2.45, 2.75) is 19.8 Å². The number of carbonyl (C=O) groups is 1. The van der Waals surface area contributed by atoms with E-state index in [1.807, 2.05) is 6.92 Å². The van der Waals surface area contributed by atoms with Crippen LogP contribution in [0, 0.1) is 0 Å². The maximum absolute atomic E-state index is 10.9. The van der Waals surface area contributed by atoms with Gasteiger partial charge < -0.3 is 9.53 Å². The Morgan fingerprint density at radius 1 is 1.58 bits per heavy atom. The molecule has 0 heterocycles. The Hall–Kier alpha value is -0.453. The van der Waals surface area contributed by atoms with E-state index in [2.05, 4.69) is 0 Å². The first-order valence-electron chi connectivity index (χ1n) is 4.15. The molecule has 0 radical (unpaired) electrons. The molecule has 0 aliphatic rings. The van der Waals surface area contributed by atoms with Gasteiger partial charge in [0.25, 0.3) is 0 Å². The fraction of sp³-hybridized carbons (Fsp3) is 0.625. The molecule has 0 rings (SSSR count). The van der Waals surface area contributed by atoms with Crippen molar-refractivity contribution in [3.05, 3.63) is 12.2 Å². The van der Waals surface area contributed by atoms with Crippen LogP contribution in [0.4, 0.5) is 0 Å². The first-order valence-corrected chi connectivity index (χ1v) is 5.44. The third kappa shape index (κ3) is 7.65. The molecule has 4 heteroatoms. The smallest absolute Gasteiger partial charge is 0.239 e. The zero-order valence-electron chi connectivity index (χ0n) is 7.45. The minimum Gasteiger partial charge on any atom is -0.415 e. The summed E-state index contributed by atoms with van der Waals surface area (Å²) in [4.78, 5) is 10.9. The van der Waals surface area contributed by atoms with Crippen LogP contribution in [0.25, 0.3) is 0 Å². The van der Waals surface area contributed by atoms with Crippen molar-refractivity contribution in [3.8, 4) is 0 Å². The second kappa shape index (κ2) is 8.64. The lowest BCUT2D eigenvalue weighted by atomic mass is 10.3. The minimum absolute atomic E-state index is 0.126. The summed E-state index contributed by atoms with van der Waals surface area (Å²) in [5, 5.41) is 8.56. The lowest BCUT2D eigenvalue weighted by Gasteiger charge is -1.99. The molecule has 70 valence electrons. The number of hydrogen-bond donors (Lipinski definition) is 1. The summed E-state index contributed by atoms with van der Waals surface area (Å²) in [5.74, 6) is 0. The number of rotatable bonds is 7. The molecule has 0 aromatic rings. The highest BCUT2D eigenvalue weighted by Crippen LogP contribution is 1.87. The Morgan fingerprint density at radius 3 is 2.92 bits per heavy atom. The standard InChI is InChI=1S/C8H16O3Si/c1-2-5-8(10)12-11-7-4-3-6-9/h2,5,9H,3-4,6-7,12H2,1H3. The van der Waals surface area contributed by atoms with Crippen LogP contribution in [0.5, 0.6) is 0 Å². The third-order valence-electron chi connectivity index (χ3n) is 1.29. The van der Waals surface area contributed by atoms with Crippen LogP contribution < -0.4 is 0 Å². The van der Waals surface area contributed by atoms with Crippen molar-refractivity contribution in [1.29, 1.82) is 0 Å². The topological polar surface area (TPSA) is 46.5 Å². The minimum atomic E-state index is -1.01. The van der Waals surface area contributed by atoms with Gasteiger partial charge in [0.05, 0.1) is 0 Å². The lowest BCUT2D eigenvalue weighted by molar-refractivity contribution is -0.108. The average molecular weight is 188 g/mol. The van der Waals surface area contributed by atoms with Gasteiger partial charge in [0.15, 0.2) is 5.41 Å². The Labute approximate surface area is 75.4 Å². The molecule has 1 N–H and O–H groups in total. The molecule has 0 saturated heterocycles. The van der Waals surface area contributed by atoms with Gasteiger partial charge in [-0.25, -0.2) is 0 Å². The lowest BCUT2D eigenvalue weighted by Crippen LogP contribution is -2.11. The highest BCUT2D eigenvalue weighted by atomic mass is 28.2. The van der Waals surface area contributed by atoms with Crippen molar-refractivity contribution in [1.82, 2.24) is 0 Å². The molecule has 3 nitrogen and oxygen atoms in total. The second-order valence-corrected chi connectivity index (χ2v) is 3.84. The zero-order valence-corrected chi connectivity index (χ0v) is 8.87. The summed E-state index contributed by atoms with van der Waals surface area (Å²) in [7, 11) is -1.01. The summed E-state index contributed by atoms with van der Waals surface area (Å²) in [6, 6.07) is 0. The largest absolute Gasteiger partial charge is 0.415 e. The highest BCUT2D eigenvalue weighted by molar-refractivity contribution is 6.71. The molecule has 0 unspecified atom stereocenters. The molecule has 0 aromatic heterocycles. The molecule has 0 aliphatic heterocycles. The molecular formula is C8H16O3Si. The number of allylic oxidation sites excluding steroid dienone is 2. The first-order chi connectivity index (χ1) is 5.81. The van der Waals surface area contributed by atoms with E-state index < -0.39 is 9.76 Å². The molecule has 0 aromatic carbocycles. The summed E-state index contributed by atoms with van der Waals surface area (Å²) in [5.41, 5.74) is 0. The predicted octanol–water partition coefficient (Wildman–Crippen LogP) is -0.0380. The molecule has 0 saturated carbocycles. The van der Waals surface area contributed by atoms with E-state index in [4.69, 9.17) is 9.53 Å². The van der Waals surface area contributed by atoms with Gasteiger partial charge in [0.1, 0.15) is 0 Å². The summed E-state index contributed by atoms with van der Waals surface area (Å²) in [6.07, 6.45) is 4.88. The molecule has 0 bridgehead atoms. The van der Waals surface area contributed by atoms with Gasteiger partial charge >= 0.3 is 0 Å². The Kier molecular flexibility index (Phi) is 8.32. The number of aliphatic hydroxyl groups is 1. The third-order valence-corrected chi connectivity index (χ3v) is 2.31. The van der Waals surface area contributed by atoms with Crippen LogP contribution >= 0.6 is 0 Å². The van der Waals surface area contributed by atoms with Crippen molar-refractivity contribution in [2.75, 3.05) is 13.2 Å². The van der Waals surface area contributed by atoms with Crippen molar-refractivity contribution < 1.29 is 14.3 Å². The second-order valence-electron chi connectivity index (χ2n) is 2.45. The van der Waals surface area contributed by atoms with Gasteiger partial charge in [0, 0.05) is 13.2 Å². The van der Waals surface area contributed by atoms with Gasteiger partial charge in [-0.1, -0.05) is 6.08 Å². The van der Waals surface area contributed by atoms with E-state index in [9.17, 15) is 4.79 Å². The van der Waals surface area contributed by atoms with Crippen LogP contribution in [0.3, 0.4) is 0 Å². The first kappa shape index (κ1) is 11.5. The molecule has 0 amide bonds. The molecule has 0 spiro atoms. The van der Waals surface area contributed by atoms with E-state index in [0.29, 0.717) is 6.61 Å². The Morgan fingerprint density at radius 2 is 2.33 bits per heavy atom. The van der Waals surface area contributed by atoms with Crippen LogP contribution in [-0.2, 0) is 9.22 Å². The van der Waals surface area contributed by atoms with Gasteiger partial charge in [-0.3, -0.25) is 4.79 Å². The normalized spacial score (nSPS) is 11.8. The van der Waals surface area contributed by atoms with Crippen LogP contribution in [0.1, 0.15) is 19.8 Å². The summed E-state index contributed by atoms with van der Waals surface area (Å²) >= 11 is 0. The van der Waals surface area contributed by atoms with Crippen molar-refractivity contribution in [3.63, 3.8) is 0 Å². The molecule has 0 fully saturated rings. The number of carbonyl (C=O) groups excluding carboxylic acids is 1.